The lowest BCUT2D eigenvalue weighted by molar-refractivity contribution is 0.508. The molecule has 0 unspecified atom stereocenters. The normalized spacial score (nSPS) is 11.4. The van der Waals surface area contributed by atoms with Crippen LogP contribution >= 0.6 is 11.5 Å². The zero-order valence-corrected chi connectivity index (χ0v) is 10.1. The molecule has 1 aromatic heterocycles. The van der Waals surface area contributed by atoms with Gasteiger partial charge in [-0.2, -0.15) is 0 Å². The van der Waals surface area contributed by atoms with Gasteiger partial charge in [0.05, 0.1) is 10.6 Å². The summed E-state index contributed by atoms with van der Waals surface area (Å²) in [6, 6.07) is 1.32. The third kappa shape index (κ3) is 2.36. The molecule has 2 rings (SSSR count). The van der Waals surface area contributed by atoms with Crippen LogP contribution in [0.2, 0.25) is 0 Å². The molecule has 3 N–H and O–H groups in total. The molecule has 1 aromatic carbocycles. The van der Waals surface area contributed by atoms with Crippen molar-refractivity contribution >= 4 is 32.4 Å². The number of nitrogens with one attached hydrogen (secondary N) is 1. The van der Waals surface area contributed by atoms with E-state index in [-0.39, 0.29) is 5.13 Å². The molecule has 2 aromatic rings. The van der Waals surface area contributed by atoms with E-state index >= 15 is 0 Å². The molecule has 0 atom stereocenters. The third-order valence-corrected chi connectivity index (χ3v) is 3.82. The molecule has 18 heavy (non-hydrogen) atoms. The summed E-state index contributed by atoms with van der Waals surface area (Å²) in [7, 11) is -4.11. The van der Waals surface area contributed by atoms with E-state index in [1.54, 1.807) is 0 Å². The summed E-state index contributed by atoms with van der Waals surface area (Å²) in [6.07, 6.45) is 0. The van der Waals surface area contributed by atoms with Crippen LogP contribution in [0.4, 0.5) is 19.6 Å². The molecule has 0 aliphatic rings. The van der Waals surface area contributed by atoms with Gasteiger partial charge in [0.15, 0.2) is 11.6 Å². The van der Waals surface area contributed by atoms with Crippen molar-refractivity contribution in [3.63, 3.8) is 0 Å². The highest BCUT2D eigenvalue weighted by atomic mass is 32.2. The van der Waals surface area contributed by atoms with Crippen molar-refractivity contribution in [3.05, 3.63) is 23.8 Å². The van der Waals surface area contributed by atoms with Crippen molar-refractivity contribution in [2.45, 2.75) is 4.90 Å². The average molecular weight is 293 g/mol. The maximum Gasteiger partial charge on any atom is 0.263 e. The SMILES string of the molecule is Nc1cc(S(=O)(=O)Nc2nnns2)cc(F)c1F. The van der Waals surface area contributed by atoms with Gasteiger partial charge in [-0.1, -0.05) is 9.59 Å². The van der Waals surface area contributed by atoms with Crippen LogP contribution in [-0.4, -0.2) is 23.2 Å². The van der Waals surface area contributed by atoms with Crippen LogP contribution in [0.3, 0.4) is 0 Å². The van der Waals surface area contributed by atoms with Gasteiger partial charge in [-0.3, -0.25) is 4.72 Å². The summed E-state index contributed by atoms with van der Waals surface area (Å²) >= 11 is 0.694. The first-order valence-corrected chi connectivity index (χ1v) is 6.58. The smallest absolute Gasteiger partial charge is 0.263 e. The summed E-state index contributed by atoms with van der Waals surface area (Å²) in [5.41, 5.74) is 4.54. The second-order valence-corrected chi connectivity index (χ2v) is 5.50. The summed E-state index contributed by atoms with van der Waals surface area (Å²) in [4.78, 5) is -0.519. The Kier molecular flexibility index (Phi) is 3.09. The first kappa shape index (κ1) is 12.6. The van der Waals surface area contributed by atoms with Crippen molar-refractivity contribution in [3.8, 4) is 0 Å². The number of nitrogens with zero attached hydrogens (tertiary/aromatic N) is 3. The molecule has 0 fully saturated rings. The second-order valence-electron chi connectivity index (χ2n) is 3.08. The molecule has 7 nitrogen and oxygen atoms in total. The number of nitrogen functional groups attached to an aromatic ring is 1. The van der Waals surface area contributed by atoms with Gasteiger partial charge in [0.1, 0.15) is 0 Å². The second kappa shape index (κ2) is 4.42. The van der Waals surface area contributed by atoms with E-state index in [4.69, 9.17) is 5.73 Å². The molecule has 0 bridgehead atoms. The van der Waals surface area contributed by atoms with E-state index in [2.05, 4.69) is 14.8 Å². The van der Waals surface area contributed by atoms with Crippen LogP contribution < -0.4 is 10.5 Å². The van der Waals surface area contributed by atoms with Gasteiger partial charge in [0.25, 0.3) is 10.0 Å². The molecule has 96 valence electrons. The molecule has 11 heteroatoms. The Morgan fingerprint density at radius 3 is 2.61 bits per heavy atom. The largest absolute Gasteiger partial charge is 0.396 e. The Hall–Kier alpha value is -1.88. The highest BCUT2D eigenvalue weighted by Gasteiger charge is 2.20. The lowest BCUT2D eigenvalue weighted by Crippen LogP contribution is -2.14. The van der Waals surface area contributed by atoms with Gasteiger partial charge in [-0.05, 0) is 17.3 Å². The first-order chi connectivity index (χ1) is 8.40. The number of hydrogen-bond acceptors (Lipinski definition) is 7. The summed E-state index contributed by atoms with van der Waals surface area (Å²) in [5.74, 6) is -2.66. The zero-order chi connectivity index (χ0) is 13.3. The number of anilines is 2. The predicted molar refractivity (Wildman–Crippen MR) is 59.3 cm³/mol. The Labute approximate surface area is 104 Å². The lowest BCUT2D eigenvalue weighted by atomic mass is 10.3. The fourth-order valence-electron chi connectivity index (χ4n) is 1.09. The van der Waals surface area contributed by atoms with E-state index in [1.807, 2.05) is 4.72 Å². The van der Waals surface area contributed by atoms with Gasteiger partial charge >= 0.3 is 0 Å². The molecule has 0 spiro atoms. The number of rotatable bonds is 3. The molecule has 0 aliphatic heterocycles. The summed E-state index contributed by atoms with van der Waals surface area (Å²) in [5, 5.41) is 6.44. The maximum atomic E-state index is 13.1. The van der Waals surface area contributed by atoms with Crippen LogP contribution in [0.15, 0.2) is 17.0 Å². The zero-order valence-electron chi connectivity index (χ0n) is 8.46. The van der Waals surface area contributed by atoms with Gasteiger partial charge in [-0.15, -0.1) is 0 Å². The van der Waals surface area contributed by atoms with E-state index in [1.165, 1.54) is 0 Å². The van der Waals surface area contributed by atoms with E-state index in [9.17, 15) is 17.2 Å². The van der Waals surface area contributed by atoms with E-state index < -0.39 is 32.2 Å². The predicted octanol–water partition coefficient (Wildman–Crippen LogP) is 0.594. The fraction of sp³-hybridized carbons (Fsp3) is 0. The van der Waals surface area contributed by atoms with Crippen molar-refractivity contribution in [1.29, 1.82) is 0 Å². The fourth-order valence-corrected chi connectivity index (χ4v) is 2.72. The summed E-state index contributed by atoms with van der Waals surface area (Å²) in [6.45, 7) is 0. The van der Waals surface area contributed by atoms with Crippen LogP contribution in [0.5, 0.6) is 0 Å². The molecule has 0 aliphatic carbocycles. The van der Waals surface area contributed by atoms with Gasteiger partial charge < -0.3 is 5.73 Å². The number of nitrogens with two attached hydrogens (primary N) is 1. The quantitative estimate of drug-likeness (QED) is 0.801. The van der Waals surface area contributed by atoms with Gasteiger partial charge in [0.2, 0.25) is 5.13 Å². The lowest BCUT2D eigenvalue weighted by Gasteiger charge is -2.06. The molecule has 0 saturated carbocycles. The van der Waals surface area contributed by atoms with Crippen LogP contribution in [0, 0.1) is 11.6 Å². The van der Waals surface area contributed by atoms with E-state index in [0.29, 0.717) is 17.6 Å². The number of aromatic nitrogens is 3. The maximum absolute atomic E-state index is 13.1. The molecule has 1 heterocycles. The minimum absolute atomic E-state index is 0.0988. The third-order valence-electron chi connectivity index (χ3n) is 1.86. The van der Waals surface area contributed by atoms with Crippen LogP contribution in [0.1, 0.15) is 0 Å². The summed E-state index contributed by atoms with van der Waals surface area (Å²) < 4.78 is 54.9. The Bertz CT molecular complexity index is 650. The first-order valence-electron chi connectivity index (χ1n) is 4.32. The minimum atomic E-state index is -4.11. The minimum Gasteiger partial charge on any atom is -0.396 e. The molecule has 0 amide bonds. The Morgan fingerprint density at radius 2 is 2.06 bits per heavy atom. The van der Waals surface area contributed by atoms with Gasteiger partial charge in [0, 0.05) is 11.5 Å². The monoisotopic (exact) mass is 293 g/mol. The Morgan fingerprint density at radius 1 is 1.33 bits per heavy atom. The van der Waals surface area contributed by atoms with Crippen molar-refractivity contribution in [2.75, 3.05) is 10.5 Å². The molecule has 0 saturated heterocycles. The number of halogens is 2. The van der Waals surface area contributed by atoms with Crippen molar-refractivity contribution < 1.29 is 17.2 Å². The van der Waals surface area contributed by atoms with Crippen LogP contribution in [0.25, 0.3) is 0 Å². The average Bonchev–Trinajstić information content (AvgIpc) is 2.77. The molecule has 0 radical (unpaired) electrons. The molecular formula is C7H5F2N5O2S2. The number of benzene rings is 1. The van der Waals surface area contributed by atoms with E-state index in [0.717, 1.165) is 6.07 Å². The number of hydrogen-bond donors (Lipinski definition) is 2. The highest BCUT2D eigenvalue weighted by molar-refractivity contribution is 7.93. The highest BCUT2D eigenvalue weighted by Crippen LogP contribution is 2.22. The topological polar surface area (TPSA) is 111 Å². The van der Waals surface area contributed by atoms with Crippen LogP contribution in [-0.2, 0) is 10.0 Å². The van der Waals surface area contributed by atoms with Crippen molar-refractivity contribution in [2.24, 2.45) is 0 Å². The molecular weight excluding hydrogens is 288 g/mol. The van der Waals surface area contributed by atoms with Crippen molar-refractivity contribution in [1.82, 2.24) is 14.8 Å². The van der Waals surface area contributed by atoms with Gasteiger partial charge in [-0.25, -0.2) is 17.2 Å². The standard InChI is InChI=1S/C7H5F2N5O2S2/c8-4-1-3(2-5(10)6(4)9)18(15,16)12-7-11-13-14-17-7/h1-2H,10H2,(H,11,12,14). The Balaban J connectivity index is 2.42. The number of sulfonamides is 1.